The van der Waals surface area contributed by atoms with Crippen molar-refractivity contribution in [2.45, 2.75) is 11.8 Å². The second-order valence-electron chi connectivity index (χ2n) is 4.52. The van der Waals surface area contributed by atoms with Crippen molar-refractivity contribution in [1.29, 1.82) is 0 Å². The van der Waals surface area contributed by atoms with Crippen molar-refractivity contribution in [2.75, 3.05) is 11.1 Å². The lowest BCUT2D eigenvalue weighted by atomic mass is 10.2. The Balaban J connectivity index is 2.36. The van der Waals surface area contributed by atoms with Gasteiger partial charge in [0.2, 0.25) is 0 Å². The summed E-state index contributed by atoms with van der Waals surface area (Å²) in [6.07, 6.45) is 0. The number of hydrogen-bond acceptors (Lipinski definition) is 4. The third-order valence-corrected chi connectivity index (χ3v) is 5.14. The maximum Gasteiger partial charge on any atom is 0.257 e. The van der Waals surface area contributed by atoms with E-state index >= 15 is 0 Å². The number of aromatic hydroxyl groups is 1. The fourth-order valence-electron chi connectivity index (χ4n) is 1.81. The number of carbonyl (C=O) groups excluding carboxylic acids is 1. The van der Waals surface area contributed by atoms with E-state index in [9.17, 15) is 18.3 Å². The lowest BCUT2D eigenvalue weighted by Gasteiger charge is -2.10. The maximum absolute atomic E-state index is 12.2. The predicted octanol–water partition coefficient (Wildman–Crippen LogP) is 3.09. The van der Waals surface area contributed by atoms with Gasteiger partial charge in [0, 0.05) is 0 Å². The van der Waals surface area contributed by atoms with E-state index in [-0.39, 0.29) is 32.7 Å². The largest absolute Gasteiger partial charge is 0.506 e. The number of anilines is 1. The molecule has 5 nitrogen and oxygen atoms in total. The van der Waals surface area contributed by atoms with E-state index in [2.05, 4.69) is 5.32 Å². The van der Waals surface area contributed by atoms with Gasteiger partial charge in [-0.2, -0.15) is 0 Å². The molecule has 0 aliphatic rings. The summed E-state index contributed by atoms with van der Waals surface area (Å²) in [6.45, 7) is 1.52. The Hall–Kier alpha value is -2.05. The summed E-state index contributed by atoms with van der Waals surface area (Å²) in [7, 11) is -3.43. The molecule has 2 N–H and O–H groups in total. The van der Waals surface area contributed by atoms with Gasteiger partial charge in [-0.15, -0.1) is 0 Å². The molecular weight excluding hydrogens is 326 g/mol. The van der Waals surface area contributed by atoms with Crippen LogP contribution in [0.3, 0.4) is 0 Å². The van der Waals surface area contributed by atoms with Crippen LogP contribution in [0.5, 0.6) is 5.75 Å². The van der Waals surface area contributed by atoms with E-state index in [1.54, 1.807) is 18.2 Å². The molecule has 2 aromatic carbocycles. The Morgan fingerprint density at radius 1 is 1.23 bits per heavy atom. The second kappa shape index (κ2) is 6.37. The van der Waals surface area contributed by atoms with Gasteiger partial charge in [0.05, 0.1) is 26.9 Å². The molecule has 0 aliphatic carbocycles. The molecule has 0 atom stereocenters. The molecule has 0 saturated heterocycles. The van der Waals surface area contributed by atoms with Gasteiger partial charge in [-0.1, -0.05) is 30.7 Å². The minimum absolute atomic E-state index is 0.0134. The summed E-state index contributed by atoms with van der Waals surface area (Å²) in [6, 6.07) is 10.2. The first-order chi connectivity index (χ1) is 10.3. The quantitative estimate of drug-likeness (QED) is 0.838. The summed E-state index contributed by atoms with van der Waals surface area (Å²) in [5.41, 5.74) is 0.242. The highest BCUT2D eigenvalue weighted by Gasteiger charge is 2.16. The third kappa shape index (κ3) is 3.40. The summed E-state index contributed by atoms with van der Waals surface area (Å²) in [5, 5.41) is 12.5. The third-order valence-electron chi connectivity index (χ3n) is 3.07. The monoisotopic (exact) mass is 339 g/mol. The highest BCUT2D eigenvalue weighted by Crippen LogP contribution is 2.28. The molecule has 7 heteroatoms. The molecule has 0 radical (unpaired) electrons. The lowest BCUT2D eigenvalue weighted by Crippen LogP contribution is -2.13. The van der Waals surface area contributed by atoms with E-state index < -0.39 is 15.7 Å². The molecule has 0 unspecified atom stereocenters. The number of nitrogens with one attached hydrogen (secondary N) is 1. The van der Waals surface area contributed by atoms with E-state index in [4.69, 9.17) is 11.6 Å². The fraction of sp³-hybridized carbons (Fsp3) is 0.133. The van der Waals surface area contributed by atoms with Crippen molar-refractivity contribution in [1.82, 2.24) is 0 Å². The van der Waals surface area contributed by atoms with Crippen LogP contribution < -0.4 is 5.32 Å². The van der Waals surface area contributed by atoms with Crippen molar-refractivity contribution in [3.05, 3.63) is 53.1 Å². The number of hydrogen-bond donors (Lipinski definition) is 2. The van der Waals surface area contributed by atoms with Gasteiger partial charge in [0.25, 0.3) is 5.91 Å². The molecule has 0 spiro atoms. The molecule has 2 aromatic rings. The molecule has 116 valence electrons. The van der Waals surface area contributed by atoms with Crippen molar-refractivity contribution in [3.8, 4) is 5.75 Å². The van der Waals surface area contributed by atoms with Crippen LogP contribution in [-0.2, 0) is 9.84 Å². The molecule has 0 fully saturated rings. The van der Waals surface area contributed by atoms with Gasteiger partial charge in [-0.3, -0.25) is 4.79 Å². The van der Waals surface area contributed by atoms with E-state index in [1.165, 1.54) is 31.2 Å². The van der Waals surface area contributed by atoms with Crippen LogP contribution >= 0.6 is 11.6 Å². The summed E-state index contributed by atoms with van der Waals surface area (Å²) < 4.78 is 23.7. The zero-order valence-electron chi connectivity index (χ0n) is 11.7. The van der Waals surface area contributed by atoms with Crippen LogP contribution in [-0.4, -0.2) is 25.2 Å². The first kappa shape index (κ1) is 16.3. The number of benzene rings is 2. The Labute approximate surface area is 133 Å². The minimum atomic E-state index is -3.43. The number of halogens is 1. The average Bonchev–Trinajstić information content (AvgIpc) is 2.49. The van der Waals surface area contributed by atoms with Gasteiger partial charge in [0.15, 0.2) is 9.84 Å². The molecule has 0 heterocycles. The predicted molar refractivity (Wildman–Crippen MR) is 85.2 cm³/mol. The maximum atomic E-state index is 12.2. The highest BCUT2D eigenvalue weighted by atomic mass is 35.5. The standard InChI is InChI=1S/C15H14ClNO4S/c1-2-22(20,21)10-7-8-14(18)13(9-10)17-15(19)11-5-3-4-6-12(11)16/h3-9,18H,2H2,1H3,(H,17,19). The van der Waals surface area contributed by atoms with Gasteiger partial charge >= 0.3 is 0 Å². The second-order valence-corrected chi connectivity index (χ2v) is 7.20. The molecule has 0 aromatic heterocycles. The zero-order chi connectivity index (χ0) is 16.3. The fourth-order valence-corrected chi connectivity index (χ4v) is 2.94. The lowest BCUT2D eigenvalue weighted by molar-refractivity contribution is 0.102. The number of phenolic OH excluding ortho intramolecular Hbond substituents is 1. The van der Waals surface area contributed by atoms with Gasteiger partial charge in [-0.05, 0) is 30.3 Å². The van der Waals surface area contributed by atoms with Gasteiger partial charge < -0.3 is 10.4 Å². The summed E-state index contributed by atoms with van der Waals surface area (Å²) in [4.78, 5) is 12.2. The Morgan fingerprint density at radius 2 is 1.91 bits per heavy atom. The number of carbonyl (C=O) groups is 1. The molecule has 1 amide bonds. The minimum Gasteiger partial charge on any atom is -0.506 e. The highest BCUT2D eigenvalue weighted by molar-refractivity contribution is 7.91. The zero-order valence-corrected chi connectivity index (χ0v) is 13.3. The van der Waals surface area contributed by atoms with Crippen LogP contribution in [0, 0.1) is 0 Å². The molecule has 0 bridgehead atoms. The number of rotatable bonds is 4. The Kier molecular flexibility index (Phi) is 4.73. The molecule has 0 aliphatic heterocycles. The molecule has 22 heavy (non-hydrogen) atoms. The topological polar surface area (TPSA) is 83.5 Å². The van der Waals surface area contributed by atoms with Gasteiger partial charge in [-0.25, -0.2) is 8.42 Å². The summed E-state index contributed by atoms with van der Waals surface area (Å²) in [5.74, 6) is -0.835. The van der Waals surface area contributed by atoms with E-state index in [0.29, 0.717) is 0 Å². The van der Waals surface area contributed by atoms with E-state index in [0.717, 1.165) is 0 Å². The normalized spacial score (nSPS) is 11.2. The van der Waals surface area contributed by atoms with Crippen LogP contribution in [0.4, 0.5) is 5.69 Å². The average molecular weight is 340 g/mol. The van der Waals surface area contributed by atoms with Crippen LogP contribution in [0.15, 0.2) is 47.4 Å². The first-order valence-electron chi connectivity index (χ1n) is 6.47. The van der Waals surface area contributed by atoms with Crippen molar-refractivity contribution < 1.29 is 18.3 Å². The van der Waals surface area contributed by atoms with E-state index in [1.807, 2.05) is 0 Å². The Bertz CT molecular complexity index is 818. The Morgan fingerprint density at radius 3 is 2.55 bits per heavy atom. The molecule has 2 rings (SSSR count). The summed E-state index contributed by atoms with van der Waals surface area (Å²) >= 11 is 5.93. The SMILES string of the molecule is CCS(=O)(=O)c1ccc(O)c(NC(=O)c2ccccc2Cl)c1. The number of phenols is 1. The molecular formula is C15H14ClNO4S. The van der Waals surface area contributed by atoms with Crippen LogP contribution in [0.25, 0.3) is 0 Å². The smallest absolute Gasteiger partial charge is 0.257 e. The number of sulfone groups is 1. The van der Waals surface area contributed by atoms with Crippen molar-refractivity contribution >= 4 is 33.0 Å². The van der Waals surface area contributed by atoms with Gasteiger partial charge in [0.1, 0.15) is 5.75 Å². The van der Waals surface area contributed by atoms with Crippen molar-refractivity contribution in [2.24, 2.45) is 0 Å². The first-order valence-corrected chi connectivity index (χ1v) is 8.50. The molecule has 0 saturated carbocycles. The van der Waals surface area contributed by atoms with Crippen molar-refractivity contribution in [3.63, 3.8) is 0 Å². The van der Waals surface area contributed by atoms with Crippen LogP contribution in [0.1, 0.15) is 17.3 Å². The number of amides is 1. The van der Waals surface area contributed by atoms with Crippen LogP contribution in [0.2, 0.25) is 5.02 Å².